The van der Waals surface area contributed by atoms with E-state index >= 15 is 0 Å². The fourth-order valence-electron chi connectivity index (χ4n) is 0. The van der Waals surface area contributed by atoms with Crippen LogP contribution in [0.3, 0.4) is 0 Å². The van der Waals surface area contributed by atoms with Crippen molar-refractivity contribution in [2.75, 3.05) is 0 Å². The van der Waals surface area contributed by atoms with Gasteiger partial charge >= 0.3 is 75.5 Å². The monoisotopic (exact) mass is 112 g/mol. The average molecular weight is 112 g/mol. The van der Waals surface area contributed by atoms with Crippen LogP contribution in [0, 0.1) is 0 Å². The third kappa shape index (κ3) is 8.83. The van der Waals surface area contributed by atoms with Crippen molar-refractivity contribution >= 4 is 75.5 Å². The smallest absolute Gasteiger partial charge is 2.00 e. The molecule has 0 radical (unpaired) electrons. The van der Waals surface area contributed by atoms with Crippen molar-refractivity contribution < 1.29 is 11.0 Å². The first-order valence-corrected chi connectivity index (χ1v) is 0. The SMILES string of the molecule is [Ca+2].[Ca+2].[O-2].[O-2]. The Morgan fingerprint density at radius 1 is 0.500 bits per heavy atom. The molecule has 0 N–H and O–H groups in total. The molecule has 0 aromatic rings. The van der Waals surface area contributed by atoms with E-state index in [2.05, 4.69) is 0 Å². The minimum atomic E-state index is 0. The van der Waals surface area contributed by atoms with Crippen LogP contribution < -0.4 is 0 Å². The molecule has 0 bridgehead atoms. The molecule has 0 aromatic heterocycles. The van der Waals surface area contributed by atoms with Crippen LogP contribution in [0.2, 0.25) is 0 Å². The van der Waals surface area contributed by atoms with Crippen molar-refractivity contribution in [2.45, 2.75) is 0 Å². The summed E-state index contributed by atoms with van der Waals surface area (Å²) in [5.41, 5.74) is 0. The summed E-state index contributed by atoms with van der Waals surface area (Å²) in [6.45, 7) is 0. The van der Waals surface area contributed by atoms with Crippen LogP contribution in [0.1, 0.15) is 0 Å². The van der Waals surface area contributed by atoms with Gasteiger partial charge in [-0.3, -0.25) is 0 Å². The summed E-state index contributed by atoms with van der Waals surface area (Å²) >= 11 is 0. The summed E-state index contributed by atoms with van der Waals surface area (Å²) in [7, 11) is 0. The maximum absolute atomic E-state index is 0. The van der Waals surface area contributed by atoms with Crippen LogP contribution >= 0.6 is 0 Å². The second-order valence-corrected chi connectivity index (χ2v) is 0. The molecule has 0 aliphatic rings. The molecule has 4 heteroatoms. The van der Waals surface area contributed by atoms with Crippen LogP contribution in [-0.4, -0.2) is 75.5 Å². The third-order valence-electron chi connectivity index (χ3n) is 0. The van der Waals surface area contributed by atoms with E-state index in [4.69, 9.17) is 0 Å². The largest absolute Gasteiger partial charge is 2.00 e. The van der Waals surface area contributed by atoms with Crippen LogP contribution in [0.25, 0.3) is 0 Å². The number of hydrogen-bond acceptors (Lipinski definition) is 0. The Morgan fingerprint density at radius 3 is 0.500 bits per heavy atom. The molecule has 0 saturated heterocycles. The van der Waals surface area contributed by atoms with Gasteiger partial charge in [-0.2, -0.15) is 0 Å². The molecule has 0 aliphatic heterocycles. The van der Waals surface area contributed by atoms with Gasteiger partial charge in [0, 0.05) is 0 Å². The van der Waals surface area contributed by atoms with Crippen molar-refractivity contribution in [3.63, 3.8) is 0 Å². The van der Waals surface area contributed by atoms with Crippen LogP contribution in [0.4, 0.5) is 0 Å². The molecule has 0 unspecified atom stereocenters. The van der Waals surface area contributed by atoms with E-state index in [9.17, 15) is 0 Å². The quantitative estimate of drug-likeness (QED) is 0.361. The molecule has 0 aromatic carbocycles. The summed E-state index contributed by atoms with van der Waals surface area (Å²) in [6.07, 6.45) is 0. The number of hydrogen-bond donors (Lipinski definition) is 0. The molecule has 0 fully saturated rings. The maximum atomic E-state index is 0. The van der Waals surface area contributed by atoms with Gasteiger partial charge in [-0.05, 0) is 0 Å². The zero-order valence-electron chi connectivity index (χ0n) is 2.23. The zero-order valence-corrected chi connectivity index (χ0v) is 6.65. The van der Waals surface area contributed by atoms with Crippen molar-refractivity contribution in [3.05, 3.63) is 0 Å². The Labute approximate surface area is 84.6 Å². The van der Waals surface area contributed by atoms with Gasteiger partial charge in [0.1, 0.15) is 0 Å². The Balaban J connectivity index is 0. The molecule has 0 heterocycles. The van der Waals surface area contributed by atoms with E-state index in [1.807, 2.05) is 0 Å². The van der Waals surface area contributed by atoms with Gasteiger partial charge in [0.25, 0.3) is 0 Å². The van der Waals surface area contributed by atoms with Crippen LogP contribution in [-0.2, 0) is 11.0 Å². The van der Waals surface area contributed by atoms with E-state index in [-0.39, 0.29) is 86.4 Å². The molecule has 0 amide bonds. The molecule has 0 spiro atoms. The van der Waals surface area contributed by atoms with Gasteiger partial charge in [0.05, 0.1) is 0 Å². The summed E-state index contributed by atoms with van der Waals surface area (Å²) in [4.78, 5) is 0. The Hall–Kier alpha value is 2.44. The molecule has 16 valence electrons. The minimum Gasteiger partial charge on any atom is -2.00 e. The van der Waals surface area contributed by atoms with E-state index in [1.165, 1.54) is 0 Å². The normalized spacial score (nSPS) is 0. The molecule has 2 nitrogen and oxygen atoms in total. The van der Waals surface area contributed by atoms with E-state index in [0.29, 0.717) is 0 Å². The topological polar surface area (TPSA) is 57.0 Å². The minimum absolute atomic E-state index is 0. The first kappa shape index (κ1) is 32.0. The number of rotatable bonds is 0. The first-order chi connectivity index (χ1) is 0. The van der Waals surface area contributed by atoms with Crippen molar-refractivity contribution in [3.8, 4) is 0 Å². The Kier molecular flexibility index (Phi) is 144. The molecule has 0 atom stereocenters. The van der Waals surface area contributed by atoms with Crippen molar-refractivity contribution in [2.24, 2.45) is 0 Å². The standard InChI is InChI=1S/2Ca.2O/q2*+2;2*-2. The first-order valence-electron chi connectivity index (χ1n) is 0. The van der Waals surface area contributed by atoms with E-state index in [0.717, 1.165) is 0 Å². The second-order valence-electron chi connectivity index (χ2n) is 0. The van der Waals surface area contributed by atoms with Gasteiger partial charge < -0.3 is 11.0 Å². The summed E-state index contributed by atoms with van der Waals surface area (Å²) in [5.74, 6) is 0. The van der Waals surface area contributed by atoms with Gasteiger partial charge in [0.2, 0.25) is 0 Å². The molecular formula is Ca2O2. The van der Waals surface area contributed by atoms with Gasteiger partial charge in [-0.15, -0.1) is 0 Å². The molecule has 0 aliphatic carbocycles. The van der Waals surface area contributed by atoms with Crippen molar-refractivity contribution in [1.82, 2.24) is 0 Å². The summed E-state index contributed by atoms with van der Waals surface area (Å²) in [5, 5.41) is 0. The fraction of sp³-hybridized carbons (Fsp3) is 0. The zero-order chi connectivity index (χ0) is 0. The maximum Gasteiger partial charge on any atom is 2.00 e. The molecular weight excluding hydrogens is 112 g/mol. The predicted octanol–water partition coefficient (Wildman–Crippen LogP) is -0.999. The van der Waals surface area contributed by atoms with Gasteiger partial charge in [-0.25, -0.2) is 0 Å². The van der Waals surface area contributed by atoms with Crippen molar-refractivity contribution in [1.29, 1.82) is 0 Å². The molecule has 4 heavy (non-hydrogen) atoms. The fourth-order valence-corrected chi connectivity index (χ4v) is 0. The summed E-state index contributed by atoms with van der Waals surface area (Å²) < 4.78 is 0. The van der Waals surface area contributed by atoms with E-state index in [1.54, 1.807) is 0 Å². The van der Waals surface area contributed by atoms with Gasteiger partial charge in [-0.1, -0.05) is 0 Å². The average Bonchev–Trinajstić information content (AvgIpc) is 0. The second kappa shape index (κ2) is 18.0. The predicted molar refractivity (Wildman–Crippen MR) is 12.9 cm³/mol. The van der Waals surface area contributed by atoms with Gasteiger partial charge in [0.15, 0.2) is 0 Å². The Morgan fingerprint density at radius 2 is 0.500 bits per heavy atom. The van der Waals surface area contributed by atoms with E-state index < -0.39 is 0 Å². The molecule has 0 rings (SSSR count). The Bertz CT molecular complexity index is 4.00. The molecule has 0 saturated carbocycles. The van der Waals surface area contributed by atoms with Crippen LogP contribution in [0.5, 0.6) is 0 Å². The summed E-state index contributed by atoms with van der Waals surface area (Å²) in [6, 6.07) is 0. The van der Waals surface area contributed by atoms with Crippen LogP contribution in [0.15, 0.2) is 0 Å². The third-order valence-corrected chi connectivity index (χ3v) is 0.